The third kappa shape index (κ3) is 3.44. The van der Waals surface area contributed by atoms with Crippen LogP contribution in [0.15, 0.2) is 29.2 Å². The summed E-state index contributed by atoms with van der Waals surface area (Å²) in [5, 5.41) is 9.36. The van der Waals surface area contributed by atoms with E-state index in [1.54, 1.807) is 12.1 Å². The molecule has 6 heteroatoms. The van der Waals surface area contributed by atoms with Crippen LogP contribution in [-0.2, 0) is 21.2 Å². The summed E-state index contributed by atoms with van der Waals surface area (Å²) in [6, 6.07) is 6.63. The second-order valence-electron chi connectivity index (χ2n) is 5.59. The molecule has 0 unspecified atom stereocenters. The molecule has 1 aliphatic carbocycles. The summed E-state index contributed by atoms with van der Waals surface area (Å²) >= 11 is 0. The van der Waals surface area contributed by atoms with E-state index in [1.807, 2.05) is 0 Å². The average Bonchev–Trinajstić information content (AvgIpc) is 2.89. The normalized spacial score (nSPS) is 17.8. The Morgan fingerprint density at radius 1 is 1.24 bits per heavy atom. The first-order valence-corrected chi connectivity index (χ1v) is 8.74. The SMILES string of the molecule is CCCc1ccc(S(=O)(=O)NC2(C(=O)O)CCCC2)cc1. The number of carbonyl (C=O) groups is 1. The van der Waals surface area contributed by atoms with E-state index in [-0.39, 0.29) is 4.90 Å². The van der Waals surface area contributed by atoms with E-state index in [2.05, 4.69) is 11.6 Å². The molecule has 0 amide bonds. The second kappa shape index (κ2) is 6.15. The molecule has 0 aromatic heterocycles. The van der Waals surface area contributed by atoms with Crippen LogP contribution in [0.25, 0.3) is 0 Å². The molecule has 2 rings (SSSR count). The van der Waals surface area contributed by atoms with Gasteiger partial charge in [-0.3, -0.25) is 4.79 Å². The lowest BCUT2D eigenvalue weighted by Crippen LogP contribution is -2.52. The molecule has 0 aliphatic heterocycles. The Bertz CT molecular complexity index is 601. The predicted molar refractivity (Wildman–Crippen MR) is 79.6 cm³/mol. The van der Waals surface area contributed by atoms with Crippen LogP contribution in [0, 0.1) is 0 Å². The van der Waals surface area contributed by atoms with Crippen molar-refractivity contribution in [2.24, 2.45) is 0 Å². The third-order valence-corrected chi connectivity index (χ3v) is 5.52. The van der Waals surface area contributed by atoms with Crippen molar-refractivity contribution in [1.82, 2.24) is 4.72 Å². The zero-order valence-corrected chi connectivity index (χ0v) is 12.9. The Balaban J connectivity index is 2.23. The van der Waals surface area contributed by atoms with Crippen LogP contribution in [-0.4, -0.2) is 25.0 Å². The van der Waals surface area contributed by atoms with Gasteiger partial charge in [-0.15, -0.1) is 0 Å². The van der Waals surface area contributed by atoms with Gasteiger partial charge >= 0.3 is 5.97 Å². The number of aliphatic carboxylic acids is 1. The summed E-state index contributed by atoms with van der Waals surface area (Å²) in [4.78, 5) is 11.6. The monoisotopic (exact) mass is 311 g/mol. The molecule has 5 nitrogen and oxygen atoms in total. The van der Waals surface area contributed by atoms with Gasteiger partial charge in [0.2, 0.25) is 10.0 Å². The fraction of sp³-hybridized carbons (Fsp3) is 0.533. The number of carboxylic acid groups (broad SMARTS) is 1. The van der Waals surface area contributed by atoms with Crippen molar-refractivity contribution in [3.8, 4) is 0 Å². The van der Waals surface area contributed by atoms with Gasteiger partial charge < -0.3 is 5.11 Å². The largest absolute Gasteiger partial charge is 0.480 e. The Hall–Kier alpha value is -1.40. The average molecular weight is 311 g/mol. The van der Waals surface area contributed by atoms with Crippen molar-refractivity contribution in [1.29, 1.82) is 0 Å². The smallest absolute Gasteiger partial charge is 0.324 e. The molecule has 0 saturated heterocycles. The maximum absolute atomic E-state index is 12.4. The number of benzene rings is 1. The first-order chi connectivity index (χ1) is 9.89. The van der Waals surface area contributed by atoms with Gasteiger partial charge in [0.15, 0.2) is 0 Å². The minimum atomic E-state index is -3.81. The molecule has 1 fully saturated rings. The van der Waals surface area contributed by atoms with E-state index < -0.39 is 21.5 Å². The van der Waals surface area contributed by atoms with Crippen molar-refractivity contribution in [3.63, 3.8) is 0 Å². The first-order valence-electron chi connectivity index (χ1n) is 7.26. The summed E-state index contributed by atoms with van der Waals surface area (Å²) in [6.07, 6.45) is 4.03. The molecule has 0 spiro atoms. The van der Waals surface area contributed by atoms with Crippen LogP contribution < -0.4 is 4.72 Å². The van der Waals surface area contributed by atoms with Crippen LogP contribution >= 0.6 is 0 Å². The number of rotatable bonds is 6. The number of hydrogen-bond donors (Lipinski definition) is 2. The molecular weight excluding hydrogens is 290 g/mol. The quantitative estimate of drug-likeness (QED) is 0.844. The fourth-order valence-corrected chi connectivity index (χ4v) is 4.20. The van der Waals surface area contributed by atoms with Gasteiger partial charge in [0, 0.05) is 0 Å². The third-order valence-electron chi connectivity index (χ3n) is 3.97. The summed E-state index contributed by atoms with van der Waals surface area (Å²) in [7, 11) is -3.81. The van der Waals surface area contributed by atoms with Gasteiger partial charge in [-0.25, -0.2) is 8.42 Å². The number of hydrogen-bond acceptors (Lipinski definition) is 3. The lowest BCUT2D eigenvalue weighted by atomic mass is 10.0. The molecule has 1 aromatic rings. The summed E-state index contributed by atoms with van der Waals surface area (Å²) in [5.41, 5.74) is -0.272. The maximum atomic E-state index is 12.4. The lowest BCUT2D eigenvalue weighted by molar-refractivity contribution is -0.143. The van der Waals surface area contributed by atoms with Gasteiger partial charge in [-0.1, -0.05) is 38.3 Å². The van der Waals surface area contributed by atoms with Crippen molar-refractivity contribution in [2.45, 2.75) is 55.9 Å². The van der Waals surface area contributed by atoms with E-state index in [0.717, 1.165) is 31.2 Å². The number of nitrogens with one attached hydrogen (secondary N) is 1. The minimum Gasteiger partial charge on any atom is -0.480 e. The van der Waals surface area contributed by atoms with Crippen molar-refractivity contribution >= 4 is 16.0 Å². The van der Waals surface area contributed by atoms with Crippen molar-refractivity contribution in [2.75, 3.05) is 0 Å². The van der Waals surface area contributed by atoms with E-state index in [9.17, 15) is 18.3 Å². The van der Waals surface area contributed by atoms with Gasteiger partial charge in [-0.2, -0.15) is 4.72 Å². The molecule has 0 radical (unpaired) electrons. The van der Waals surface area contributed by atoms with E-state index in [4.69, 9.17) is 0 Å². The topological polar surface area (TPSA) is 83.5 Å². The van der Waals surface area contributed by atoms with Crippen LogP contribution in [0.1, 0.15) is 44.6 Å². The van der Waals surface area contributed by atoms with Crippen LogP contribution in [0.3, 0.4) is 0 Å². The van der Waals surface area contributed by atoms with Gasteiger partial charge in [-0.05, 0) is 37.0 Å². The first kappa shape index (κ1) is 16.0. The molecule has 21 heavy (non-hydrogen) atoms. The standard InChI is InChI=1S/C15H21NO4S/c1-2-5-12-6-8-13(9-7-12)21(19,20)16-15(14(17)18)10-3-4-11-15/h6-9,16H,2-5,10-11H2,1H3,(H,17,18). The van der Waals surface area contributed by atoms with Crippen molar-refractivity contribution in [3.05, 3.63) is 29.8 Å². The highest BCUT2D eigenvalue weighted by atomic mass is 32.2. The highest BCUT2D eigenvalue weighted by Crippen LogP contribution is 2.31. The van der Waals surface area contributed by atoms with Gasteiger partial charge in [0.1, 0.15) is 5.54 Å². The fourth-order valence-electron chi connectivity index (χ4n) is 2.78. The van der Waals surface area contributed by atoms with Crippen LogP contribution in [0.5, 0.6) is 0 Å². The second-order valence-corrected chi connectivity index (χ2v) is 7.28. The molecular formula is C15H21NO4S. The highest BCUT2D eigenvalue weighted by Gasteiger charge is 2.44. The molecule has 1 saturated carbocycles. The van der Waals surface area contributed by atoms with Gasteiger partial charge in [0.05, 0.1) is 4.90 Å². The lowest BCUT2D eigenvalue weighted by Gasteiger charge is -2.25. The zero-order valence-electron chi connectivity index (χ0n) is 12.1. The molecule has 0 atom stereocenters. The molecule has 0 bridgehead atoms. The zero-order chi connectivity index (χ0) is 15.5. The minimum absolute atomic E-state index is 0.120. The predicted octanol–water partition coefficient (Wildman–Crippen LogP) is 2.31. The Kier molecular flexibility index (Phi) is 4.68. The van der Waals surface area contributed by atoms with E-state index in [0.29, 0.717) is 12.8 Å². The number of carboxylic acids is 1. The molecule has 116 valence electrons. The molecule has 2 N–H and O–H groups in total. The van der Waals surface area contributed by atoms with Crippen LogP contribution in [0.4, 0.5) is 0 Å². The summed E-state index contributed by atoms with van der Waals surface area (Å²) in [5.74, 6) is -1.09. The summed E-state index contributed by atoms with van der Waals surface area (Å²) in [6.45, 7) is 2.06. The Labute approximate surface area is 125 Å². The van der Waals surface area contributed by atoms with Crippen molar-refractivity contribution < 1.29 is 18.3 Å². The van der Waals surface area contributed by atoms with Gasteiger partial charge in [0.25, 0.3) is 0 Å². The number of aryl methyl sites for hydroxylation is 1. The maximum Gasteiger partial charge on any atom is 0.324 e. The van der Waals surface area contributed by atoms with E-state index in [1.165, 1.54) is 12.1 Å². The summed E-state index contributed by atoms with van der Waals surface area (Å²) < 4.78 is 27.2. The Morgan fingerprint density at radius 2 is 1.81 bits per heavy atom. The molecule has 1 aromatic carbocycles. The highest BCUT2D eigenvalue weighted by molar-refractivity contribution is 7.89. The van der Waals surface area contributed by atoms with Crippen LogP contribution in [0.2, 0.25) is 0 Å². The van der Waals surface area contributed by atoms with E-state index >= 15 is 0 Å². The Morgan fingerprint density at radius 3 is 2.29 bits per heavy atom. The molecule has 1 aliphatic rings. The molecule has 0 heterocycles. The number of sulfonamides is 1.